The molecule has 0 aromatic carbocycles. The van der Waals surface area contributed by atoms with Crippen LogP contribution in [0.15, 0.2) is 0 Å². The summed E-state index contributed by atoms with van der Waals surface area (Å²) in [7, 11) is 0. The van der Waals surface area contributed by atoms with Crippen LogP contribution in [0.3, 0.4) is 0 Å². The first-order chi connectivity index (χ1) is 6.11. The molecular weight excluding hydrogens is 170 g/mol. The van der Waals surface area contributed by atoms with Gasteiger partial charge in [0, 0.05) is 16.8 Å². The molecule has 0 aliphatic carbocycles. The van der Waals surface area contributed by atoms with Crippen LogP contribution in [0.1, 0.15) is 22.5 Å². The number of aryl methyl sites for hydroxylation is 2. The van der Waals surface area contributed by atoms with Gasteiger partial charge in [0.15, 0.2) is 0 Å². The lowest BCUT2D eigenvalue weighted by Crippen LogP contribution is -2.02. The van der Waals surface area contributed by atoms with Crippen molar-refractivity contribution in [1.29, 1.82) is 0 Å². The SMILES string of the molecule is Cc1nc(C)c(CO)c(CO)c1O. The first-order valence-electron chi connectivity index (χ1n) is 4.01. The highest BCUT2D eigenvalue weighted by atomic mass is 16.3. The maximum absolute atomic E-state index is 9.50. The van der Waals surface area contributed by atoms with Gasteiger partial charge in [0.25, 0.3) is 0 Å². The highest BCUT2D eigenvalue weighted by Crippen LogP contribution is 2.25. The third-order valence-corrected chi connectivity index (χ3v) is 2.08. The van der Waals surface area contributed by atoms with E-state index >= 15 is 0 Å². The van der Waals surface area contributed by atoms with E-state index in [9.17, 15) is 5.11 Å². The molecule has 1 rings (SSSR count). The van der Waals surface area contributed by atoms with Crippen molar-refractivity contribution in [2.24, 2.45) is 0 Å². The molecule has 0 spiro atoms. The Labute approximate surface area is 76.5 Å². The monoisotopic (exact) mass is 183 g/mol. The van der Waals surface area contributed by atoms with E-state index in [0.717, 1.165) is 0 Å². The maximum Gasteiger partial charge on any atom is 0.142 e. The number of aromatic nitrogens is 1. The smallest absolute Gasteiger partial charge is 0.142 e. The third kappa shape index (κ3) is 1.64. The Morgan fingerprint density at radius 2 is 1.54 bits per heavy atom. The molecule has 1 heterocycles. The second kappa shape index (κ2) is 3.72. The third-order valence-electron chi connectivity index (χ3n) is 2.08. The second-order valence-corrected chi connectivity index (χ2v) is 2.90. The van der Waals surface area contributed by atoms with Gasteiger partial charge in [-0.15, -0.1) is 0 Å². The molecule has 3 N–H and O–H groups in total. The molecule has 0 bridgehead atoms. The lowest BCUT2D eigenvalue weighted by Gasteiger charge is -2.11. The Hall–Kier alpha value is -1.13. The van der Waals surface area contributed by atoms with Gasteiger partial charge in [-0.3, -0.25) is 4.98 Å². The van der Waals surface area contributed by atoms with Gasteiger partial charge >= 0.3 is 0 Å². The Morgan fingerprint density at radius 3 is 2.00 bits per heavy atom. The van der Waals surface area contributed by atoms with Crippen LogP contribution in [0, 0.1) is 13.8 Å². The molecule has 0 amide bonds. The zero-order valence-electron chi connectivity index (χ0n) is 7.70. The molecule has 0 saturated carbocycles. The van der Waals surface area contributed by atoms with Crippen molar-refractivity contribution in [2.75, 3.05) is 0 Å². The number of hydrogen-bond donors (Lipinski definition) is 3. The molecule has 13 heavy (non-hydrogen) atoms. The molecule has 1 aromatic rings. The number of aliphatic hydroxyl groups is 2. The van der Waals surface area contributed by atoms with Crippen LogP contribution in [0.4, 0.5) is 0 Å². The minimum absolute atomic E-state index is 0.0304. The molecule has 0 aliphatic rings. The Balaban J connectivity index is 3.41. The van der Waals surface area contributed by atoms with E-state index in [-0.39, 0.29) is 19.0 Å². The Bertz CT molecular complexity index is 323. The molecule has 0 saturated heterocycles. The van der Waals surface area contributed by atoms with Gasteiger partial charge in [-0.1, -0.05) is 0 Å². The van der Waals surface area contributed by atoms with Crippen molar-refractivity contribution in [1.82, 2.24) is 4.98 Å². The molecule has 4 heteroatoms. The topological polar surface area (TPSA) is 73.6 Å². The Kier molecular flexibility index (Phi) is 2.85. The Morgan fingerprint density at radius 1 is 1.00 bits per heavy atom. The molecule has 1 aromatic heterocycles. The predicted octanol–water partition coefficient (Wildman–Crippen LogP) is 0.389. The van der Waals surface area contributed by atoms with E-state index in [1.54, 1.807) is 13.8 Å². The zero-order valence-corrected chi connectivity index (χ0v) is 7.70. The molecule has 0 radical (unpaired) electrons. The zero-order chi connectivity index (χ0) is 10.0. The predicted molar refractivity (Wildman–Crippen MR) is 47.2 cm³/mol. The fourth-order valence-electron chi connectivity index (χ4n) is 1.33. The van der Waals surface area contributed by atoms with Crippen molar-refractivity contribution in [3.8, 4) is 5.75 Å². The molecule has 72 valence electrons. The first-order valence-corrected chi connectivity index (χ1v) is 4.01. The number of pyridine rings is 1. The van der Waals surface area contributed by atoms with Crippen molar-refractivity contribution in [2.45, 2.75) is 27.1 Å². The number of nitrogens with zero attached hydrogens (tertiary/aromatic N) is 1. The average Bonchev–Trinajstić information content (AvgIpc) is 2.10. The maximum atomic E-state index is 9.50. The van der Waals surface area contributed by atoms with E-state index in [2.05, 4.69) is 4.98 Å². The van der Waals surface area contributed by atoms with Gasteiger partial charge in [-0.2, -0.15) is 0 Å². The van der Waals surface area contributed by atoms with Crippen LogP contribution in [0.5, 0.6) is 5.75 Å². The summed E-state index contributed by atoms with van der Waals surface area (Å²) in [6, 6.07) is 0. The normalized spacial score (nSPS) is 10.5. The summed E-state index contributed by atoms with van der Waals surface area (Å²) in [5.41, 5.74) is 1.98. The minimum atomic E-state index is -0.286. The van der Waals surface area contributed by atoms with Gasteiger partial charge in [0.1, 0.15) is 5.75 Å². The minimum Gasteiger partial charge on any atom is -0.506 e. The van der Waals surface area contributed by atoms with Crippen molar-refractivity contribution < 1.29 is 15.3 Å². The largest absolute Gasteiger partial charge is 0.506 e. The van der Waals surface area contributed by atoms with Crippen LogP contribution >= 0.6 is 0 Å². The molecule has 0 atom stereocenters. The van der Waals surface area contributed by atoms with Crippen molar-refractivity contribution in [3.05, 3.63) is 22.5 Å². The van der Waals surface area contributed by atoms with Gasteiger partial charge in [-0.05, 0) is 13.8 Å². The van der Waals surface area contributed by atoms with E-state index in [0.29, 0.717) is 22.5 Å². The summed E-state index contributed by atoms with van der Waals surface area (Å²) in [4.78, 5) is 4.03. The first kappa shape index (κ1) is 9.95. The van der Waals surface area contributed by atoms with E-state index in [1.807, 2.05) is 0 Å². The molecular formula is C9H13NO3. The average molecular weight is 183 g/mol. The lowest BCUT2D eigenvalue weighted by molar-refractivity contribution is 0.253. The van der Waals surface area contributed by atoms with Crippen LogP contribution in [-0.4, -0.2) is 20.3 Å². The van der Waals surface area contributed by atoms with E-state index in [4.69, 9.17) is 10.2 Å². The van der Waals surface area contributed by atoms with Gasteiger partial charge in [0.05, 0.1) is 18.9 Å². The number of hydrogen-bond acceptors (Lipinski definition) is 4. The van der Waals surface area contributed by atoms with Crippen LogP contribution < -0.4 is 0 Å². The highest BCUT2D eigenvalue weighted by molar-refractivity contribution is 5.43. The molecule has 0 fully saturated rings. The standard InChI is InChI=1S/C9H13NO3/c1-5-7(3-11)8(4-12)9(13)6(2)10-5/h11-13H,3-4H2,1-2H3. The van der Waals surface area contributed by atoms with Gasteiger partial charge < -0.3 is 15.3 Å². The molecule has 0 aliphatic heterocycles. The van der Waals surface area contributed by atoms with Crippen LogP contribution in [0.25, 0.3) is 0 Å². The highest BCUT2D eigenvalue weighted by Gasteiger charge is 2.13. The summed E-state index contributed by atoms with van der Waals surface area (Å²) in [6.45, 7) is 2.88. The summed E-state index contributed by atoms with van der Waals surface area (Å²) in [6.07, 6.45) is 0. The van der Waals surface area contributed by atoms with Crippen molar-refractivity contribution in [3.63, 3.8) is 0 Å². The molecule has 4 nitrogen and oxygen atoms in total. The van der Waals surface area contributed by atoms with E-state index in [1.165, 1.54) is 0 Å². The summed E-state index contributed by atoms with van der Waals surface area (Å²) in [5.74, 6) is -0.0304. The van der Waals surface area contributed by atoms with Crippen LogP contribution in [-0.2, 0) is 13.2 Å². The second-order valence-electron chi connectivity index (χ2n) is 2.90. The number of aliphatic hydroxyl groups excluding tert-OH is 2. The quantitative estimate of drug-likeness (QED) is 0.620. The summed E-state index contributed by atoms with van der Waals surface area (Å²) in [5, 5.41) is 27.5. The summed E-state index contributed by atoms with van der Waals surface area (Å²) >= 11 is 0. The van der Waals surface area contributed by atoms with Gasteiger partial charge in [-0.25, -0.2) is 0 Å². The number of aromatic hydroxyl groups is 1. The number of rotatable bonds is 2. The van der Waals surface area contributed by atoms with Crippen molar-refractivity contribution >= 4 is 0 Å². The summed E-state index contributed by atoms with van der Waals surface area (Å²) < 4.78 is 0. The molecule has 0 unspecified atom stereocenters. The van der Waals surface area contributed by atoms with Gasteiger partial charge in [0.2, 0.25) is 0 Å². The fourth-order valence-corrected chi connectivity index (χ4v) is 1.33. The fraction of sp³-hybridized carbons (Fsp3) is 0.444. The van der Waals surface area contributed by atoms with E-state index < -0.39 is 0 Å². The van der Waals surface area contributed by atoms with Crippen LogP contribution in [0.2, 0.25) is 0 Å². The lowest BCUT2D eigenvalue weighted by atomic mass is 10.1.